The van der Waals surface area contributed by atoms with Crippen LogP contribution in [0.3, 0.4) is 0 Å². The molecule has 0 aromatic heterocycles. The fourth-order valence-corrected chi connectivity index (χ4v) is 2.36. The van der Waals surface area contributed by atoms with Crippen LogP contribution in [0.25, 0.3) is 0 Å². The van der Waals surface area contributed by atoms with Gasteiger partial charge < -0.3 is 10.6 Å². The Balaban J connectivity index is 2.40. The minimum atomic E-state index is -0.530. The fraction of sp³-hybridized carbons (Fsp3) is 0.333. The molecule has 0 amide bonds. The number of rotatable bonds is 4. The van der Waals surface area contributed by atoms with Crippen LogP contribution in [0.5, 0.6) is 0 Å². The monoisotopic (exact) mass is 258 g/mol. The Morgan fingerprint density at radius 1 is 1.42 bits per heavy atom. The topological polar surface area (TPSA) is 63.4 Å². The van der Waals surface area contributed by atoms with Crippen molar-refractivity contribution in [1.29, 1.82) is 0 Å². The van der Waals surface area contributed by atoms with Gasteiger partial charge in [0.05, 0.1) is 0 Å². The van der Waals surface area contributed by atoms with Crippen LogP contribution in [0.15, 0.2) is 30.1 Å². The number of nitrogens with zero attached hydrogens (tertiary/aromatic N) is 1. The number of Topliss-reactive ketones (excluding diaryl/α,β-unsaturated/α-hetero) is 2. The third-order valence-corrected chi connectivity index (χ3v) is 3.45. The Bertz CT molecular complexity index is 561. The van der Waals surface area contributed by atoms with Gasteiger partial charge in [0.15, 0.2) is 0 Å². The van der Waals surface area contributed by atoms with Gasteiger partial charge in [-0.15, -0.1) is 0 Å². The summed E-state index contributed by atoms with van der Waals surface area (Å²) in [6, 6.07) is 6.25. The minimum Gasteiger partial charge on any atom is -0.403 e. The van der Waals surface area contributed by atoms with Gasteiger partial charge in [-0.1, -0.05) is 19.1 Å². The maximum atomic E-state index is 11.9. The van der Waals surface area contributed by atoms with Gasteiger partial charge in [-0.3, -0.25) is 9.59 Å². The lowest BCUT2D eigenvalue weighted by atomic mass is 10.1. The Hall–Kier alpha value is -2.10. The highest BCUT2D eigenvalue weighted by Crippen LogP contribution is 2.32. The normalized spacial score (nSPS) is 14.4. The number of anilines is 1. The van der Waals surface area contributed by atoms with Crippen molar-refractivity contribution in [2.24, 2.45) is 5.73 Å². The number of allylic oxidation sites excluding steroid dienone is 1. The Morgan fingerprint density at radius 2 is 2.16 bits per heavy atom. The summed E-state index contributed by atoms with van der Waals surface area (Å²) in [5.74, 6) is -1.02. The number of carbonyl (C=O) groups is 2. The van der Waals surface area contributed by atoms with Crippen LogP contribution in [0, 0.1) is 0 Å². The van der Waals surface area contributed by atoms with E-state index in [1.165, 1.54) is 24.3 Å². The van der Waals surface area contributed by atoms with Gasteiger partial charge in [0.2, 0.25) is 11.6 Å². The molecular formula is C15H18N2O2. The first-order chi connectivity index (χ1) is 9.08. The molecule has 0 atom stereocenters. The summed E-state index contributed by atoms with van der Waals surface area (Å²) < 4.78 is 0. The van der Waals surface area contributed by atoms with Crippen molar-refractivity contribution < 1.29 is 9.59 Å². The maximum Gasteiger partial charge on any atom is 0.246 e. The van der Waals surface area contributed by atoms with Gasteiger partial charge in [-0.2, -0.15) is 0 Å². The molecule has 0 bridgehead atoms. The number of hydrogen-bond donors (Lipinski definition) is 1. The van der Waals surface area contributed by atoms with E-state index < -0.39 is 11.6 Å². The zero-order chi connectivity index (χ0) is 14.0. The second-order valence-electron chi connectivity index (χ2n) is 4.66. The number of fused-ring (bicyclic) bond motifs is 1. The van der Waals surface area contributed by atoms with Crippen LogP contribution < -0.4 is 10.6 Å². The molecule has 4 nitrogen and oxygen atoms in total. The lowest BCUT2D eigenvalue weighted by molar-refractivity contribution is -0.133. The highest BCUT2D eigenvalue weighted by Gasteiger charge is 2.27. The van der Waals surface area contributed by atoms with Gasteiger partial charge in [0.1, 0.15) is 5.70 Å². The van der Waals surface area contributed by atoms with Gasteiger partial charge in [-0.25, -0.2) is 0 Å². The van der Waals surface area contributed by atoms with E-state index in [0.717, 1.165) is 18.5 Å². The van der Waals surface area contributed by atoms with Crippen molar-refractivity contribution >= 4 is 17.3 Å². The van der Waals surface area contributed by atoms with Crippen molar-refractivity contribution in [3.8, 4) is 0 Å². The summed E-state index contributed by atoms with van der Waals surface area (Å²) in [6.45, 7) is 4.04. The number of nitrogens with two attached hydrogens (primary N) is 1. The van der Waals surface area contributed by atoms with Gasteiger partial charge in [-0.05, 0) is 30.0 Å². The first-order valence-corrected chi connectivity index (χ1v) is 6.45. The summed E-state index contributed by atoms with van der Waals surface area (Å²) in [5, 5.41) is 0. The van der Waals surface area contributed by atoms with E-state index in [4.69, 9.17) is 5.73 Å². The predicted octanol–water partition coefficient (Wildman–Crippen LogP) is 1.57. The fourth-order valence-electron chi connectivity index (χ4n) is 2.36. The smallest absolute Gasteiger partial charge is 0.246 e. The Morgan fingerprint density at radius 3 is 2.74 bits per heavy atom. The number of benzene rings is 1. The summed E-state index contributed by atoms with van der Waals surface area (Å²) in [5.41, 5.74) is 9.20. The van der Waals surface area contributed by atoms with Crippen molar-refractivity contribution in [1.82, 2.24) is 0 Å². The molecule has 1 aliphatic heterocycles. The van der Waals surface area contributed by atoms with E-state index >= 15 is 0 Å². The first-order valence-electron chi connectivity index (χ1n) is 6.45. The van der Waals surface area contributed by atoms with Crippen LogP contribution in [-0.4, -0.2) is 18.1 Å². The summed E-state index contributed by atoms with van der Waals surface area (Å²) in [4.78, 5) is 25.0. The maximum absolute atomic E-state index is 11.9. The van der Waals surface area contributed by atoms with E-state index in [1.807, 2.05) is 4.90 Å². The average molecular weight is 258 g/mol. The summed E-state index contributed by atoms with van der Waals surface area (Å²) in [7, 11) is 0. The molecule has 0 spiro atoms. The standard InChI is InChI=1S/C15H18N2O2/c1-3-11-4-5-12-6-7-17(13(12)8-11)14(9-16)15(19)10(2)18/h4-5,8-9H,3,6-7,16H2,1-2H3/b14-9-. The zero-order valence-electron chi connectivity index (χ0n) is 11.3. The molecule has 100 valence electrons. The van der Waals surface area contributed by atoms with E-state index in [9.17, 15) is 9.59 Å². The molecule has 0 saturated heterocycles. The molecular weight excluding hydrogens is 240 g/mol. The minimum absolute atomic E-state index is 0.277. The van der Waals surface area contributed by atoms with Crippen LogP contribution >= 0.6 is 0 Å². The summed E-state index contributed by atoms with van der Waals surface area (Å²) in [6.07, 6.45) is 3.03. The quantitative estimate of drug-likeness (QED) is 0.657. The predicted molar refractivity (Wildman–Crippen MR) is 74.8 cm³/mol. The lowest BCUT2D eigenvalue weighted by Crippen LogP contribution is -2.30. The van der Waals surface area contributed by atoms with E-state index in [-0.39, 0.29) is 5.70 Å². The first kappa shape index (κ1) is 13.3. The molecule has 0 fully saturated rings. The number of ketones is 2. The van der Waals surface area contributed by atoms with Crippen LogP contribution in [0.4, 0.5) is 5.69 Å². The molecule has 1 aliphatic rings. The molecule has 2 rings (SSSR count). The van der Waals surface area contributed by atoms with E-state index in [1.54, 1.807) is 0 Å². The van der Waals surface area contributed by atoms with Gasteiger partial charge >= 0.3 is 0 Å². The highest BCUT2D eigenvalue weighted by atomic mass is 16.2. The van der Waals surface area contributed by atoms with Crippen molar-refractivity contribution in [2.45, 2.75) is 26.7 Å². The zero-order valence-corrected chi connectivity index (χ0v) is 11.3. The second kappa shape index (κ2) is 5.26. The third-order valence-electron chi connectivity index (χ3n) is 3.45. The molecule has 0 unspecified atom stereocenters. The highest BCUT2D eigenvalue weighted by molar-refractivity contribution is 6.43. The van der Waals surface area contributed by atoms with Crippen LogP contribution in [-0.2, 0) is 22.4 Å². The summed E-state index contributed by atoms with van der Waals surface area (Å²) >= 11 is 0. The largest absolute Gasteiger partial charge is 0.403 e. The molecule has 0 aliphatic carbocycles. The third kappa shape index (κ3) is 2.38. The molecule has 2 N–H and O–H groups in total. The lowest BCUT2D eigenvalue weighted by Gasteiger charge is -2.21. The van der Waals surface area contributed by atoms with Crippen LogP contribution in [0.2, 0.25) is 0 Å². The molecule has 4 heteroatoms. The van der Waals surface area contributed by atoms with Gasteiger partial charge in [0, 0.05) is 25.4 Å². The molecule has 1 aromatic rings. The SMILES string of the molecule is CCc1ccc2c(c1)N(/C(=C\N)C(=O)C(C)=O)CC2. The Labute approximate surface area is 112 Å². The van der Waals surface area contributed by atoms with Crippen molar-refractivity contribution in [2.75, 3.05) is 11.4 Å². The number of aryl methyl sites for hydroxylation is 1. The second-order valence-corrected chi connectivity index (χ2v) is 4.66. The van der Waals surface area contributed by atoms with Crippen molar-refractivity contribution in [3.63, 3.8) is 0 Å². The molecule has 0 radical (unpaired) electrons. The van der Waals surface area contributed by atoms with Crippen molar-refractivity contribution in [3.05, 3.63) is 41.2 Å². The average Bonchev–Trinajstić information content (AvgIpc) is 2.82. The van der Waals surface area contributed by atoms with E-state index in [2.05, 4.69) is 25.1 Å². The Kier molecular flexibility index (Phi) is 3.69. The van der Waals surface area contributed by atoms with Crippen LogP contribution in [0.1, 0.15) is 25.0 Å². The number of hydrogen-bond acceptors (Lipinski definition) is 4. The number of carbonyl (C=O) groups excluding carboxylic acids is 2. The van der Waals surface area contributed by atoms with E-state index in [0.29, 0.717) is 6.54 Å². The van der Waals surface area contributed by atoms with Gasteiger partial charge in [0.25, 0.3) is 0 Å². The molecule has 19 heavy (non-hydrogen) atoms. The molecule has 0 saturated carbocycles. The molecule has 1 aromatic carbocycles. The molecule has 1 heterocycles.